The van der Waals surface area contributed by atoms with Crippen LogP contribution in [-0.2, 0) is 12.7 Å². The number of aryl methyl sites for hydroxylation is 2. The average Bonchev–Trinajstić information content (AvgIpc) is 2.45. The lowest BCUT2D eigenvalue weighted by Gasteiger charge is -2.15. The molecule has 2 aromatic rings. The maximum absolute atomic E-state index is 12.9. The normalized spacial score (nSPS) is 11.4. The summed E-state index contributed by atoms with van der Waals surface area (Å²) in [6.45, 7) is 3.83. The van der Waals surface area contributed by atoms with Crippen molar-refractivity contribution in [3.05, 3.63) is 46.8 Å². The van der Waals surface area contributed by atoms with Crippen molar-refractivity contribution in [2.24, 2.45) is 0 Å². The van der Waals surface area contributed by atoms with Crippen molar-refractivity contribution in [2.45, 2.75) is 26.6 Å². The van der Waals surface area contributed by atoms with Crippen LogP contribution in [0, 0.1) is 13.8 Å². The van der Waals surface area contributed by atoms with Crippen LogP contribution in [0.15, 0.2) is 24.4 Å². The van der Waals surface area contributed by atoms with Crippen LogP contribution >= 0.6 is 0 Å². The van der Waals surface area contributed by atoms with E-state index in [4.69, 9.17) is 4.74 Å². The number of alkyl halides is 3. The number of hydrogen-bond donors (Lipinski definition) is 1. The number of ether oxygens (including phenoxy) is 1. The van der Waals surface area contributed by atoms with Crippen LogP contribution in [0.1, 0.15) is 22.4 Å². The SMILES string of the molecule is COc1nc(C)cc(C)c1CNc1ncccc1C(F)(F)F. The minimum Gasteiger partial charge on any atom is -0.481 e. The predicted octanol–water partition coefficient (Wildman–Crippen LogP) is 3.73. The van der Waals surface area contributed by atoms with E-state index in [1.807, 2.05) is 19.9 Å². The van der Waals surface area contributed by atoms with Gasteiger partial charge in [0.1, 0.15) is 5.82 Å². The van der Waals surface area contributed by atoms with Crippen molar-refractivity contribution in [1.29, 1.82) is 0 Å². The molecule has 0 spiro atoms. The number of hydrogen-bond acceptors (Lipinski definition) is 4. The molecule has 0 saturated carbocycles. The summed E-state index contributed by atoms with van der Waals surface area (Å²) in [4.78, 5) is 8.00. The number of aromatic nitrogens is 2. The molecular formula is C15H16F3N3O. The fourth-order valence-corrected chi connectivity index (χ4v) is 2.16. The Bertz CT molecular complexity index is 672. The van der Waals surface area contributed by atoms with Crippen molar-refractivity contribution in [3.63, 3.8) is 0 Å². The van der Waals surface area contributed by atoms with Gasteiger partial charge >= 0.3 is 6.18 Å². The van der Waals surface area contributed by atoms with Gasteiger partial charge in [0.25, 0.3) is 0 Å². The summed E-state index contributed by atoms with van der Waals surface area (Å²) in [7, 11) is 1.48. The highest BCUT2D eigenvalue weighted by atomic mass is 19.4. The molecule has 0 radical (unpaired) electrons. The van der Waals surface area contributed by atoms with Crippen molar-refractivity contribution >= 4 is 5.82 Å². The Labute approximate surface area is 126 Å². The Morgan fingerprint density at radius 1 is 1.27 bits per heavy atom. The molecule has 4 nitrogen and oxygen atoms in total. The smallest absolute Gasteiger partial charge is 0.419 e. The highest BCUT2D eigenvalue weighted by Gasteiger charge is 2.34. The molecule has 2 aromatic heterocycles. The van der Waals surface area contributed by atoms with Gasteiger partial charge in [-0.1, -0.05) is 0 Å². The van der Waals surface area contributed by atoms with Gasteiger partial charge in [-0.2, -0.15) is 13.2 Å². The number of nitrogens with zero attached hydrogens (tertiary/aromatic N) is 2. The zero-order valence-electron chi connectivity index (χ0n) is 12.5. The lowest BCUT2D eigenvalue weighted by molar-refractivity contribution is -0.137. The second-order valence-corrected chi connectivity index (χ2v) is 4.82. The van der Waals surface area contributed by atoms with E-state index in [2.05, 4.69) is 15.3 Å². The summed E-state index contributed by atoms with van der Waals surface area (Å²) in [6, 6.07) is 4.10. The van der Waals surface area contributed by atoms with E-state index in [1.165, 1.54) is 19.4 Å². The van der Waals surface area contributed by atoms with Crippen LogP contribution in [0.3, 0.4) is 0 Å². The number of pyridine rings is 2. The van der Waals surface area contributed by atoms with Gasteiger partial charge < -0.3 is 10.1 Å². The molecule has 0 aliphatic rings. The van der Waals surface area contributed by atoms with E-state index >= 15 is 0 Å². The van der Waals surface area contributed by atoms with E-state index in [0.717, 1.165) is 17.3 Å². The number of rotatable bonds is 4. The predicted molar refractivity (Wildman–Crippen MR) is 76.8 cm³/mol. The summed E-state index contributed by atoms with van der Waals surface area (Å²) < 4.78 is 44.0. The van der Waals surface area contributed by atoms with E-state index in [0.29, 0.717) is 11.4 Å². The first-order valence-corrected chi connectivity index (χ1v) is 6.60. The van der Waals surface area contributed by atoms with Gasteiger partial charge in [0.05, 0.1) is 12.7 Å². The molecule has 118 valence electrons. The molecule has 2 heterocycles. The molecule has 7 heteroatoms. The van der Waals surface area contributed by atoms with Crippen molar-refractivity contribution in [1.82, 2.24) is 9.97 Å². The highest BCUT2D eigenvalue weighted by molar-refractivity contribution is 5.47. The lowest BCUT2D eigenvalue weighted by Crippen LogP contribution is -2.13. The van der Waals surface area contributed by atoms with Crippen LogP contribution < -0.4 is 10.1 Å². The van der Waals surface area contributed by atoms with Crippen molar-refractivity contribution in [3.8, 4) is 5.88 Å². The summed E-state index contributed by atoms with van der Waals surface area (Å²) in [6.07, 6.45) is -3.14. The zero-order chi connectivity index (χ0) is 16.3. The van der Waals surface area contributed by atoms with E-state index < -0.39 is 11.7 Å². The second-order valence-electron chi connectivity index (χ2n) is 4.82. The van der Waals surface area contributed by atoms with Crippen LogP contribution in [0.2, 0.25) is 0 Å². The Balaban J connectivity index is 2.29. The minimum atomic E-state index is -4.46. The summed E-state index contributed by atoms with van der Waals surface area (Å²) in [5.41, 5.74) is 1.58. The molecule has 0 aliphatic carbocycles. The topological polar surface area (TPSA) is 47.0 Å². The minimum absolute atomic E-state index is 0.141. The summed E-state index contributed by atoms with van der Waals surface area (Å²) in [5.74, 6) is 0.187. The number of halogens is 3. The van der Waals surface area contributed by atoms with Gasteiger partial charge in [-0.05, 0) is 37.6 Å². The summed E-state index contributed by atoms with van der Waals surface area (Å²) in [5, 5.41) is 2.72. The van der Waals surface area contributed by atoms with E-state index in [9.17, 15) is 13.2 Å². The lowest BCUT2D eigenvalue weighted by atomic mass is 10.1. The van der Waals surface area contributed by atoms with E-state index in [-0.39, 0.29) is 12.4 Å². The third kappa shape index (κ3) is 3.47. The highest BCUT2D eigenvalue weighted by Crippen LogP contribution is 2.34. The maximum atomic E-state index is 12.9. The molecule has 0 bridgehead atoms. The van der Waals surface area contributed by atoms with Gasteiger partial charge in [-0.25, -0.2) is 9.97 Å². The fraction of sp³-hybridized carbons (Fsp3) is 0.333. The largest absolute Gasteiger partial charge is 0.481 e. The molecule has 22 heavy (non-hydrogen) atoms. The summed E-state index contributed by atoms with van der Waals surface area (Å²) >= 11 is 0. The van der Waals surface area contributed by atoms with Crippen molar-refractivity contribution in [2.75, 3.05) is 12.4 Å². The van der Waals surface area contributed by atoms with Crippen LogP contribution in [-0.4, -0.2) is 17.1 Å². The molecule has 0 aromatic carbocycles. The number of nitrogens with one attached hydrogen (secondary N) is 1. The molecule has 0 atom stereocenters. The monoisotopic (exact) mass is 311 g/mol. The molecule has 0 saturated heterocycles. The fourth-order valence-electron chi connectivity index (χ4n) is 2.16. The number of methoxy groups -OCH3 is 1. The Morgan fingerprint density at radius 3 is 2.64 bits per heavy atom. The third-order valence-corrected chi connectivity index (χ3v) is 3.18. The molecule has 0 unspecified atom stereocenters. The Hall–Kier alpha value is -2.31. The maximum Gasteiger partial charge on any atom is 0.419 e. The van der Waals surface area contributed by atoms with Gasteiger partial charge in [0.15, 0.2) is 0 Å². The Kier molecular flexibility index (Phi) is 4.54. The van der Waals surface area contributed by atoms with Crippen LogP contribution in [0.4, 0.5) is 19.0 Å². The average molecular weight is 311 g/mol. The first kappa shape index (κ1) is 16.1. The van der Waals surface area contributed by atoms with Crippen LogP contribution in [0.25, 0.3) is 0 Å². The third-order valence-electron chi connectivity index (χ3n) is 3.18. The first-order chi connectivity index (χ1) is 10.3. The Morgan fingerprint density at radius 2 is 2.00 bits per heavy atom. The molecule has 0 fully saturated rings. The molecular weight excluding hydrogens is 295 g/mol. The molecule has 2 rings (SSSR count). The van der Waals surface area contributed by atoms with Crippen molar-refractivity contribution < 1.29 is 17.9 Å². The zero-order valence-corrected chi connectivity index (χ0v) is 12.5. The standard InChI is InChI=1S/C15H16F3N3O/c1-9-7-10(2)21-14(22-3)11(9)8-20-13-12(15(16,17)18)5-4-6-19-13/h4-7H,8H2,1-3H3,(H,19,20). The van der Waals surface area contributed by atoms with E-state index in [1.54, 1.807) is 0 Å². The quantitative estimate of drug-likeness (QED) is 0.934. The van der Waals surface area contributed by atoms with Gasteiger partial charge in [-0.15, -0.1) is 0 Å². The first-order valence-electron chi connectivity index (χ1n) is 6.60. The molecule has 1 N–H and O–H groups in total. The second kappa shape index (κ2) is 6.21. The van der Waals surface area contributed by atoms with Crippen LogP contribution in [0.5, 0.6) is 5.88 Å². The van der Waals surface area contributed by atoms with Gasteiger partial charge in [0, 0.05) is 24.0 Å². The van der Waals surface area contributed by atoms with Gasteiger partial charge in [0.2, 0.25) is 5.88 Å². The van der Waals surface area contributed by atoms with Gasteiger partial charge in [-0.3, -0.25) is 0 Å². The number of anilines is 1. The molecule has 0 amide bonds. The molecule has 0 aliphatic heterocycles.